The van der Waals surface area contributed by atoms with E-state index in [0.29, 0.717) is 28.1 Å². The Labute approximate surface area is 113 Å². The third kappa shape index (κ3) is 4.32. The molecular formula is C12H19Cl2N3. The summed E-state index contributed by atoms with van der Waals surface area (Å²) in [5.74, 6) is 1.82. The zero-order valence-corrected chi connectivity index (χ0v) is 12.2. The molecule has 0 saturated carbocycles. The van der Waals surface area contributed by atoms with E-state index >= 15 is 0 Å². The molecule has 0 bridgehead atoms. The van der Waals surface area contributed by atoms with Crippen molar-refractivity contribution >= 4 is 28.9 Å². The van der Waals surface area contributed by atoms with Crippen LogP contribution in [0, 0.1) is 17.8 Å². The van der Waals surface area contributed by atoms with Crippen LogP contribution in [-0.4, -0.2) is 16.7 Å². The van der Waals surface area contributed by atoms with Crippen LogP contribution in [0.5, 0.6) is 0 Å². The maximum Gasteiger partial charge on any atom is 0.174 e. The van der Waals surface area contributed by atoms with E-state index in [1.165, 1.54) is 0 Å². The van der Waals surface area contributed by atoms with Crippen LogP contribution in [0.3, 0.4) is 0 Å². The first kappa shape index (κ1) is 14.5. The molecule has 0 aromatic carbocycles. The summed E-state index contributed by atoms with van der Waals surface area (Å²) in [6.07, 6.45) is 0. The summed E-state index contributed by atoms with van der Waals surface area (Å²) < 4.78 is 0. The number of hydrogen-bond donors (Lipinski definition) is 1. The highest BCUT2D eigenvalue weighted by Crippen LogP contribution is 2.24. The Bertz CT molecular complexity index is 359. The molecule has 0 atom stereocenters. The van der Waals surface area contributed by atoms with Crippen molar-refractivity contribution < 1.29 is 0 Å². The first-order valence-electron chi connectivity index (χ1n) is 5.84. The highest BCUT2D eigenvalue weighted by atomic mass is 35.5. The predicted molar refractivity (Wildman–Crippen MR) is 73.7 cm³/mol. The lowest BCUT2D eigenvalue weighted by atomic mass is 9.85. The maximum absolute atomic E-state index is 5.94. The van der Waals surface area contributed by atoms with Crippen molar-refractivity contribution in [3.8, 4) is 0 Å². The molecule has 0 fully saturated rings. The van der Waals surface area contributed by atoms with Crippen molar-refractivity contribution in [3.63, 3.8) is 0 Å². The van der Waals surface area contributed by atoms with Crippen molar-refractivity contribution in [2.45, 2.75) is 27.7 Å². The van der Waals surface area contributed by atoms with Gasteiger partial charge in [0.2, 0.25) is 0 Å². The van der Waals surface area contributed by atoms with Gasteiger partial charge in [0.15, 0.2) is 10.3 Å². The van der Waals surface area contributed by atoms with Gasteiger partial charge in [-0.3, -0.25) is 0 Å². The number of hydrogen-bond acceptors (Lipinski definition) is 3. The molecular weight excluding hydrogens is 257 g/mol. The highest BCUT2D eigenvalue weighted by molar-refractivity contribution is 6.33. The van der Waals surface area contributed by atoms with Crippen LogP contribution in [0.1, 0.15) is 27.7 Å². The average Bonchev–Trinajstić information content (AvgIpc) is 2.22. The molecule has 0 spiro atoms. The molecule has 96 valence electrons. The number of nitrogens with zero attached hydrogens (tertiary/aromatic N) is 2. The summed E-state index contributed by atoms with van der Waals surface area (Å²) in [5, 5.41) is 11.5. The summed E-state index contributed by atoms with van der Waals surface area (Å²) in [6, 6.07) is 1.70. The summed E-state index contributed by atoms with van der Waals surface area (Å²) in [4.78, 5) is 0. The van der Waals surface area contributed by atoms with Crippen molar-refractivity contribution in [1.82, 2.24) is 10.2 Å². The van der Waals surface area contributed by atoms with Crippen molar-refractivity contribution in [3.05, 3.63) is 16.4 Å². The summed E-state index contributed by atoms with van der Waals surface area (Å²) in [7, 11) is 0. The van der Waals surface area contributed by atoms with Gasteiger partial charge in [-0.25, -0.2) is 0 Å². The second-order valence-electron chi connectivity index (χ2n) is 4.90. The number of rotatable bonds is 5. The molecule has 1 N–H and O–H groups in total. The molecule has 0 unspecified atom stereocenters. The van der Waals surface area contributed by atoms with Crippen molar-refractivity contribution in [1.29, 1.82) is 0 Å². The molecule has 0 amide bonds. The van der Waals surface area contributed by atoms with Gasteiger partial charge in [0, 0.05) is 12.6 Å². The smallest absolute Gasteiger partial charge is 0.174 e. The average molecular weight is 276 g/mol. The fourth-order valence-electron chi connectivity index (χ4n) is 1.95. The molecule has 3 nitrogen and oxygen atoms in total. The molecule has 0 radical (unpaired) electrons. The van der Waals surface area contributed by atoms with Gasteiger partial charge in [-0.1, -0.05) is 50.9 Å². The Kier molecular flexibility index (Phi) is 5.47. The molecule has 0 aliphatic heterocycles. The first-order chi connectivity index (χ1) is 7.91. The molecule has 1 heterocycles. The van der Waals surface area contributed by atoms with E-state index in [0.717, 1.165) is 12.2 Å². The Balaban J connectivity index is 2.68. The van der Waals surface area contributed by atoms with Gasteiger partial charge in [-0.2, -0.15) is 0 Å². The van der Waals surface area contributed by atoms with Gasteiger partial charge in [0.25, 0.3) is 0 Å². The minimum atomic E-state index is 0.350. The molecule has 0 saturated heterocycles. The Hall–Kier alpha value is -0.540. The number of aromatic nitrogens is 2. The van der Waals surface area contributed by atoms with Crippen LogP contribution in [0.2, 0.25) is 10.3 Å². The first-order valence-corrected chi connectivity index (χ1v) is 6.60. The van der Waals surface area contributed by atoms with Crippen LogP contribution < -0.4 is 5.32 Å². The SMILES string of the molecule is CC(C)C(CNc1cc(Cl)nnc1Cl)C(C)C. The zero-order valence-electron chi connectivity index (χ0n) is 10.7. The van der Waals surface area contributed by atoms with Gasteiger partial charge in [-0.15, -0.1) is 10.2 Å². The van der Waals surface area contributed by atoms with E-state index in [2.05, 4.69) is 43.2 Å². The number of anilines is 1. The van der Waals surface area contributed by atoms with Crippen LogP contribution in [0.15, 0.2) is 6.07 Å². The summed E-state index contributed by atoms with van der Waals surface area (Å²) in [5.41, 5.74) is 0.748. The second kappa shape index (κ2) is 6.41. The van der Waals surface area contributed by atoms with Crippen LogP contribution >= 0.6 is 23.2 Å². The van der Waals surface area contributed by atoms with E-state index in [1.54, 1.807) is 6.07 Å². The Morgan fingerprint density at radius 2 is 1.71 bits per heavy atom. The molecule has 0 aliphatic carbocycles. The van der Waals surface area contributed by atoms with Gasteiger partial charge in [0.1, 0.15) is 0 Å². The molecule has 5 heteroatoms. The molecule has 1 aromatic rings. The van der Waals surface area contributed by atoms with Gasteiger partial charge >= 0.3 is 0 Å². The fraction of sp³-hybridized carbons (Fsp3) is 0.667. The minimum Gasteiger partial charge on any atom is -0.382 e. The Morgan fingerprint density at radius 1 is 1.12 bits per heavy atom. The zero-order chi connectivity index (χ0) is 13.0. The quantitative estimate of drug-likeness (QED) is 0.878. The van der Waals surface area contributed by atoms with Gasteiger partial charge in [-0.05, 0) is 17.8 Å². The number of halogens is 2. The monoisotopic (exact) mass is 275 g/mol. The largest absolute Gasteiger partial charge is 0.382 e. The topological polar surface area (TPSA) is 37.8 Å². The third-order valence-electron chi connectivity index (χ3n) is 2.96. The lowest BCUT2D eigenvalue weighted by Crippen LogP contribution is -2.24. The predicted octanol–water partition coefficient (Wildman–Crippen LogP) is 4.12. The van der Waals surface area contributed by atoms with Crippen molar-refractivity contribution in [2.75, 3.05) is 11.9 Å². The minimum absolute atomic E-state index is 0.350. The lowest BCUT2D eigenvalue weighted by Gasteiger charge is -2.25. The van der Waals surface area contributed by atoms with Crippen molar-refractivity contribution in [2.24, 2.45) is 17.8 Å². The fourth-order valence-corrected chi connectivity index (χ4v) is 2.25. The number of nitrogens with one attached hydrogen (secondary N) is 1. The second-order valence-corrected chi connectivity index (χ2v) is 5.65. The molecule has 1 rings (SSSR count). The normalized spacial score (nSPS) is 11.6. The van der Waals surface area contributed by atoms with E-state index in [9.17, 15) is 0 Å². The molecule has 17 heavy (non-hydrogen) atoms. The van der Waals surface area contributed by atoms with Crippen LogP contribution in [0.4, 0.5) is 5.69 Å². The third-order valence-corrected chi connectivity index (χ3v) is 3.42. The summed E-state index contributed by atoms with van der Waals surface area (Å²) in [6.45, 7) is 9.77. The standard InChI is InChI=1S/C12H19Cl2N3/c1-7(2)9(8(3)4)6-15-10-5-11(13)16-17-12(10)14/h5,7-9H,6H2,1-4H3,(H,15,16). The maximum atomic E-state index is 5.94. The van der Waals surface area contributed by atoms with E-state index in [-0.39, 0.29) is 0 Å². The van der Waals surface area contributed by atoms with Crippen LogP contribution in [0.25, 0.3) is 0 Å². The molecule has 0 aliphatic rings. The van der Waals surface area contributed by atoms with Gasteiger partial charge in [0.05, 0.1) is 5.69 Å². The highest BCUT2D eigenvalue weighted by Gasteiger charge is 2.17. The van der Waals surface area contributed by atoms with Crippen LogP contribution in [-0.2, 0) is 0 Å². The lowest BCUT2D eigenvalue weighted by molar-refractivity contribution is 0.304. The molecule has 1 aromatic heterocycles. The van der Waals surface area contributed by atoms with E-state index in [4.69, 9.17) is 23.2 Å². The van der Waals surface area contributed by atoms with E-state index in [1.807, 2.05) is 0 Å². The summed E-state index contributed by atoms with van der Waals surface area (Å²) >= 11 is 11.7. The van der Waals surface area contributed by atoms with Gasteiger partial charge < -0.3 is 5.32 Å². The van der Waals surface area contributed by atoms with E-state index < -0.39 is 0 Å². The Morgan fingerprint density at radius 3 is 2.24 bits per heavy atom.